The van der Waals surface area contributed by atoms with E-state index in [0.29, 0.717) is 30.0 Å². The SMILES string of the molecule is CC(=O)OC(C)C1=CC[C@H]2[C@@H]3CC=C4CC(=O)CC[C@]4(C)[C@H]3CC[C@]12C. The number of ether oxygens (including phenoxy) is 1. The van der Waals surface area contributed by atoms with Gasteiger partial charge in [-0.15, -0.1) is 0 Å². The Kier molecular flexibility index (Phi) is 4.20. The average Bonchev–Trinajstić information content (AvgIpc) is 2.92. The van der Waals surface area contributed by atoms with Crippen molar-refractivity contribution < 1.29 is 14.3 Å². The predicted octanol–water partition coefficient (Wildman–Crippen LogP) is 5.01. The van der Waals surface area contributed by atoms with Crippen LogP contribution in [0.5, 0.6) is 0 Å². The van der Waals surface area contributed by atoms with Gasteiger partial charge in [0.25, 0.3) is 0 Å². The number of carbonyl (C=O) groups excluding carboxylic acids is 2. The van der Waals surface area contributed by atoms with Crippen molar-refractivity contribution in [1.29, 1.82) is 0 Å². The Labute approximate surface area is 157 Å². The lowest BCUT2D eigenvalue weighted by Gasteiger charge is -2.57. The van der Waals surface area contributed by atoms with E-state index in [1.807, 2.05) is 6.92 Å². The lowest BCUT2D eigenvalue weighted by atomic mass is 9.47. The van der Waals surface area contributed by atoms with Gasteiger partial charge in [-0.25, -0.2) is 0 Å². The first-order chi connectivity index (χ1) is 12.3. The fraction of sp³-hybridized carbons (Fsp3) is 0.739. The Bertz CT molecular complexity index is 702. The standard InChI is InChI=1S/C23H32O3/c1-14(26-15(2)24)19-7-8-20-18-6-5-16-13-17(25)9-11-22(16,3)21(18)10-12-23(19,20)4/h5,7,14,18,20-21H,6,8-13H2,1-4H3/t14?,18-,20-,21-,22-,23+/m0/s1. The van der Waals surface area contributed by atoms with Crippen LogP contribution in [0, 0.1) is 28.6 Å². The summed E-state index contributed by atoms with van der Waals surface area (Å²) in [6.07, 6.45) is 11.8. The molecule has 0 spiro atoms. The van der Waals surface area contributed by atoms with Gasteiger partial charge in [0.1, 0.15) is 11.9 Å². The first-order valence-electron chi connectivity index (χ1n) is 10.3. The molecule has 0 saturated heterocycles. The fourth-order valence-electron chi connectivity index (χ4n) is 7.02. The van der Waals surface area contributed by atoms with Gasteiger partial charge >= 0.3 is 5.97 Å². The Morgan fingerprint density at radius 1 is 1.15 bits per heavy atom. The third kappa shape index (κ3) is 2.53. The second-order valence-corrected chi connectivity index (χ2v) is 9.58. The highest BCUT2D eigenvalue weighted by atomic mass is 16.5. The highest BCUT2D eigenvalue weighted by Crippen LogP contribution is 2.65. The molecule has 0 bridgehead atoms. The van der Waals surface area contributed by atoms with Gasteiger partial charge in [0.2, 0.25) is 0 Å². The summed E-state index contributed by atoms with van der Waals surface area (Å²) in [6, 6.07) is 0. The van der Waals surface area contributed by atoms with E-state index in [9.17, 15) is 9.59 Å². The predicted molar refractivity (Wildman–Crippen MR) is 101 cm³/mol. The summed E-state index contributed by atoms with van der Waals surface area (Å²) in [5.74, 6) is 2.26. The van der Waals surface area contributed by atoms with Crippen molar-refractivity contribution in [3.8, 4) is 0 Å². The van der Waals surface area contributed by atoms with Gasteiger partial charge in [-0.2, -0.15) is 0 Å². The smallest absolute Gasteiger partial charge is 0.303 e. The minimum Gasteiger partial charge on any atom is -0.458 e. The number of allylic oxidation sites excluding steroid dienone is 3. The Morgan fingerprint density at radius 2 is 1.92 bits per heavy atom. The molecule has 2 fully saturated rings. The molecule has 2 saturated carbocycles. The zero-order valence-corrected chi connectivity index (χ0v) is 16.6. The molecule has 0 aromatic rings. The van der Waals surface area contributed by atoms with Crippen molar-refractivity contribution >= 4 is 11.8 Å². The number of esters is 1. The highest BCUT2D eigenvalue weighted by Gasteiger charge is 2.57. The van der Waals surface area contributed by atoms with Crippen LogP contribution in [0.1, 0.15) is 72.6 Å². The molecule has 0 radical (unpaired) electrons. The van der Waals surface area contributed by atoms with Crippen LogP contribution in [0.25, 0.3) is 0 Å². The Morgan fingerprint density at radius 3 is 2.65 bits per heavy atom. The van der Waals surface area contributed by atoms with Crippen molar-refractivity contribution in [1.82, 2.24) is 0 Å². The molecule has 4 aliphatic rings. The van der Waals surface area contributed by atoms with E-state index < -0.39 is 0 Å². The quantitative estimate of drug-likeness (QED) is 0.516. The second kappa shape index (κ2) is 6.07. The van der Waals surface area contributed by atoms with Gasteiger partial charge in [-0.1, -0.05) is 31.6 Å². The number of hydrogen-bond acceptors (Lipinski definition) is 3. The molecule has 0 aliphatic heterocycles. The summed E-state index contributed by atoms with van der Waals surface area (Å²) in [6.45, 7) is 8.36. The molecule has 26 heavy (non-hydrogen) atoms. The third-order valence-electron chi connectivity index (χ3n) is 8.36. The minimum atomic E-state index is -0.191. The molecule has 4 aliphatic carbocycles. The summed E-state index contributed by atoms with van der Waals surface area (Å²) >= 11 is 0. The minimum absolute atomic E-state index is 0.114. The van der Waals surface area contributed by atoms with Crippen molar-refractivity contribution in [2.24, 2.45) is 28.6 Å². The van der Waals surface area contributed by atoms with Crippen LogP contribution >= 0.6 is 0 Å². The molecule has 0 N–H and O–H groups in total. The number of fused-ring (bicyclic) bond motifs is 5. The van der Waals surface area contributed by atoms with Gasteiger partial charge in [0, 0.05) is 19.8 Å². The zero-order valence-electron chi connectivity index (χ0n) is 16.6. The molecular weight excluding hydrogens is 324 g/mol. The molecule has 142 valence electrons. The average molecular weight is 357 g/mol. The molecule has 0 aromatic heterocycles. The van der Waals surface area contributed by atoms with Crippen LogP contribution in [-0.2, 0) is 14.3 Å². The number of hydrogen-bond donors (Lipinski definition) is 0. The zero-order chi connectivity index (χ0) is 18.7. The molecule has 0 amide bonds. The van der Waals surface area contributed by atoms with Crippen molar-refractivity contribution in [3.63, 3.8) is 0 Å². The largest absolute Gasteiger partial charge is 0.458 e. The topological polar surface area (TPSA) is 43.4 Å². The number of ketones is 1. The first kappa shape index (κ1) is 18.0. The molecule has 0 heterocycles. The van der Waals surface area contributed by atoms with E-state index in [1.165, 1.54) is 30.9 Å². The van der Waals surface area contributed by atoms with E-state index in [4.69, 9.17) is 4.74 Å². The molecule has 1 unspecified atom stereocenters. The molecule has 0 aromatic carbocycles. The number of rotatable bonds is 2. The van der Waals surface area contributed by atoms with Crippen LogP contribution in [0.3, 0.4) is 0 Å². The van der Waals surface area contributed by atoms with Crippen molar-refractivity contribution in [2.75, 3.05) is 0 Å². The van der Waals surface area contributed by atoms with E-state index in [-0.39, 0.29) is 22.9 Å². The van der Waals surface area contributed by atoms with Crippen LogP contribution in [0.15, 0.2) is 23.3 Å². The summed E-state index contributed by atoms with van der Waals surface area (Å²) in [7, 11) is 0. The van der Waals surface area contributed by atoms with Gasteiger partial charge in [0.15, 0.2) is 0 Å². The number of carbonyl (C=O) groups is 2. The summed E-state index contributed by atoms with van der Waals surface area (Å²) in [5.41, 5.74) is 3.15. The van der Waals surface area contributed by atoms with Crippen LogP contribution in [0.4, 0.5) is 0 Å². The molecule has 6 atom stereocenters. The summed E-state index contributed by atoms with van der Waals surface area (Å²) < 4.78 is 5.55. The van der Waals surface area contributed by atoms with Crippen molar-refractivity contribution in [2.45, 2.75) is 78.7 Å². The van der Waals surface area contributed by atoms with E-state index in [1.54, 1.807) is 0 Å². The maximum atomic E-state index is 12.0. The Hall–Kier alpha value is -1.38. The summed E-state index contributed by atoms with van der Waals surface area (Å²) in [4.78, 5) is 23.4. The first-order valence-corrected chi connectivity index (χ1v) is 10.3. The third-order valence-corrected chi connectivity index (χ3v) is 8.36. The monoisotopic (exact) mass is 356 g/mol. The Balaban J connectivity index is 1.61. The van der Waals surface area contributed by atoms with Gasteiger partial charge in [-0.3, -0.25) is 9.59 Å². The van der Waals surface area contributed by atoms with Crippen molar-refractivity contribution in [3.05, 3.63) is 23.3 Å². The second-order valence-electron chi connectivity index (χ2n) is 9.58. The normalized spacial score (nSPS) is 42.8. The number of Topliss-reactive ketones (excluding diaryl/α,β-unsaturated/α-hetero) is 1. The van der Waals surface area contributed by atoms with Gasteiger partial charge < -0.3 is 4.74 Å². The molecule has 4 rings (SSSR count). The maximum absolute atomic E-state index is 12.0. The maximum Gasteiger partial charge on any atom is 0.303 e. The van der Waals surface area contributed by atoms with Crippen LogP contribution < -0.4 is 0 Å². The summed E-state index contributed by atoms with van der Waals surface area (Å²) in [5, 5.41) is 0. The van der Waals surface area contributed by atoms with Gasteiger partial charge in [-0.05, 0) is 73.2 Å². The molecular formula is C23H32O3. The van der Waals surface area contributed by atoms with Gasteiger partial charge in [0.05, 0.1) is 0 Å². The highest BCUT2D eigenvalue weighted by molar-refractivity contribution is 5.82. The van der Waals surface area contributed by atoms with E-state index in [2.05, 4.69) is 26.0 Å². The lowest BCUT2D eigenvalue weighted by molar-refractivity contribution is -0.144. The van der Waals surface area contributed by atoms with Crippen LogP contribution in [0.2, 0.25) is 0 Å². The molecule has 3 heteroatoms. The van der Waals surface area contributed by atoms with E-state index in [0.717, 1.165) is 25.7 Å². The molecule has 3 nitrogen and oxygen atoms in total. The van der Waals surface area contributed by atoms with Crippen LogP contribution in [-0.4, -0.2) is 17.9 Å². The fourth-order valence-corrected chi connectivity index (χ4v) is 7.02. The van der Waals surface area contributed by atoms with E-state index >= 15 is 0 Å². The lowest BCUT2D eigenvalue weighted by Crippen LogP contribution is -2.50.